The van der Waals surface area contributed by atoms with Crippen molar-refractivity contribution < 1.29 is 0 Å². The van der Waals surface area contributed by atoms with Gasteiger partial charge in [-0.2, -0.15) is 0 Å². The maximum atomic E-state index is 2.32. The topological polar surface area (TPSA) is 0 Å². The van der Waals surface area contributed by atoms with Gasteiger partial charge in [-0.1, -0.05) is 120 Å². The van der Waals surface area contributed by atoms with Gasteiger partial charge < -0.3 is 0 Å². The predicted molar refractivity (Wildman–Crippen MR) is 142 cm³/mol. The molecule has 0 radical (unpaired) electrons. The molecule has 0 unspecified atom stereocenters. The summed E-state index contributed by atoms with van der Waals surface area (Å²) < 4.78 is 0. The summed E-state index contributed by atoms with van der Waals surface area (Å²) in [5.74, 6) is 0. The van der Waals surface area contributed by atoms with Gasteiger partial charge in [0.25, 0.3) is 0 Å². The summed E-state index contributed by atoms with van der Waals surface area (Å²) in [7, 11) is 0. The van der Waals surface area contributed by atoms with Gasteiger partial charge in [0.1, 0.15) is 0 Å². The fourth-order valence-corrected chi connectivity index (χ4v) is 4.69. The molecule has 0 aliphatic carbocycles. The lowest BCUT2D eigenvalue weighted by Gasteiger charge is -2.13. The summed E-state index contributed by atoms with van der Waals surface area (Å²) in [6, 6.07) is 42.0. The van der Waals surface area contributed by atoms with Crippen LogP contribution in [0.15, 0.2) is 115 Å². The molecule has 5 aromatic carbocycles. The third kappa shape index (κ3) is 4.52. The molecule has 0 nitrogen and oxygen atoms in total. The van der Waals surface area contributed by atoms with Gasteiger partial charge in [-0.3, -0.25) is 0 Å². The summed E-state index contributed by atoms with van der Waals surface area (Å²) in [6.45, 7) is 6.47. The Hall–Kier alpha value is -3.90. The van der Waals surface area contributed by atoms with Crippen LogP contribution in [0.1, 0.15) is 16.7 Å². The molecule has 0 amide bonds. The van der Waals surface area contributed by atoms with Crippen molar-refractivity contribution in [2.24, 2.45) is 0 Å². The van der Waals surface area contributed by atoms with E-state index >= 15 is 0 Å². The Morgan fingerprint density at radius 2 is 0.727 bits per heavy atom. The van der Waals surface area contributed by atoms with Crippen molar-refractivity contribution in [3.63, 3.8) is 0 Å². The molecule has 0 bridgehead atoms. The molecule has 5 rings (SSSR count). The maximum Gasteiger partial charge on any atom is -0.0105 e. The summed E-state index contributed by atoms with van der Waals surface area (Å²) in [4.78, 5) is 0. The van der Waals surface area contributed by atoms with Crippen LogP contribution in [0, 0.1) is 20.8 Å². The molecule has 0 atom stereocenters. The van der Waals surface area contributed by atoms with Crippen LogP contribution in [0.25, 0.3) is 44.5 Å². The molecular formula is C33H28. The number of hydrogen-bond donors (Lipinski definition) is 0. The first-order chi connectivity index (χ1) is 16.1. The van der Waals surface area contributed by atoms with E-state index in [4.69, 9.17) is 0 Å². The molecule has 0 heteroatoms. The lowest BCUT2D eigenvalue weighted by molar-refractivity contribution is 1.38. The SMILES string of the molecule is Cc1cccc(-c2cccc(-c3ccccc3-c3cccc(-c4cc(C)cc(C)c4)c3)c2)c1. The molecule has 0 heterocycles. The minimum absolute atomic E-state index is 1.24. The second-order valence-electron chi connectivity index (χ2n) is 8.95. The molecule has 5 aromatic rings. The van der Waals surface area contributed by atoms with E-state index in [2.05, 4.69) is 136 Å². The van der Waals surface area contributed by atoms with Crippen molar-refractivity contribution in [3.8, 4) is 44.5 Å². The number of aryl methyl sites for hydroxylation is 3. The number of rotatable bonds is 4. The van der Waals surface area contributed by atoms with Crippen molar-refractivity contribution in [2.45, 2.75) is 20.8 Å². The summed E-state index contributed by atoms with van der Waals surface area (Å²) in [6.07, 6.45) is 0. The van der Waals surface area contributed by atoms with Crippen molar-refractivity contribution in [3.05, 3.63) is 132 Å². The van der Waals surface area contributed by atoms with Crippen LogP contribution in [-0.2, 0) is 0 Å². The highest BCUT2D eigenvalue weighted by molar-refractivity contribution is 5.87. The second-order valence-corrected chi connectivity index (χ2v) is 8.95. The lowest BCUT2D eigenvalue weighted by Crippen LogP contribution is -1.88. The van der Waals surface area contributed by atoms with Crippen LogP contribution < -0.4 is 0 Å². The van der Waals surface area contributed by atoms with Crippen molar-refractivity contribution in [1.29, 1.82) is 0 Å². The van der Waals surface area contributed by atoms with E-state index in [1.165, 1.54) is 61.2 Å². The van der Waals surface area contributed by atoms with Gasteiger partial charge in [0.2, 0.25) is 0 Å². The Balaban J connectivity index is 1.59. The maximum absolute atomic E-state index is 2.32. The molecule has 0 saturated heterocycles. The van der Waals surface area contributed by atoms with E-state index in [0.717, 1.165) is 0 Å². The molecule has 0 saturated carbocycles. The molecule has 0 aromatic heterocycles. The highest BCUT2D eigenvalue weighted by Crippen LogP contribution is 2.36. The minimum atomic E-state index is 1.24. The van der Waals surface area contributed by atoms with E-state index in [1.54, 1.807) is 0 Å². The molecule has 0 N–H and O–H groups in total. The monoisotopic (exact) mass is 424 g/mol. The summed E-state index contributed by atoms with van der Waals surface area (Å²) in [5, 5.41) is 0. The molecule has 0 fully saturated rings. The van der Waals surface area contributed by atoms with Gasteiger partial charge in [-0.15, -0.1) is 0 Å². The molecule has 160 valence electrons. The van der Waals surface area contributed by atoms with Crippen LogP contribution in [0.2, 0.25) is 0 Å². The molecule has 0 aliphatic heterocycles. The molecule has 0 spiro atoms. The van der Waals surface area contributed by atoms with E-state index in [9.17, 15) is 0 Å². The highest BCUT2D eigenvalue weighted by atomic mass is 14.1. The second kappa shape index (κ2) is 8.92. The van der Waals surface area contributed by atoms with Crippen LogP contribution in [0.5, 0.6) is 0 Å². The van der Waals surface area contributed by atoms with Gasteiger partial charge in [-0.25, -0.2) is 0 Å². The van der Waals surface area contributed by atoms with E-state index in [1.807, 2.05) is 0 Å². The number of benzene rings is 5. The zero-order valence-electron chi connectivity index (χ0n) is 19.5. The van der Waals surface area contributed by atoms with Crippen LogP contribution >= 0.6 is 0 Å². The zero-order chi connectivity index (χ0) is 22.8. The average molecular weight is 425 g/mol. The smallest absolute Gasteiger partial charge is 0.0105 e. The Labute approximate surface area is 197 Å². The van der Waals surface area contributed by atoms with Gasteiger partial charge >= 0.3 is 0 Å². The molecule has 0 aliphatic rings. The Morgan fingerprint density at radius 3 is 1.27 bits per heavy atom. The van der Waals surface area contributed by atoms with E-state index in [-0.39, 0.29) is 0 Å². The fraction of sp³-hybridized carbons (Fsp3) is 0.0909. The lowest BCUT2D eigenvalue weighted by atomic mass is 9.91. The van der Waals surface area contributed by atoms with Crippen molar-refractivity contribution >= 4 is 0 Å². The van der Waals surface area contributed by atoms with Crippen LogP contribution in [0.3, 0.4) is 0 Å². The predicted octanol–water partition coefficient (Wildman–Crippen LogP) is 9.28. The fourth-order valence-electron chi connectivity index (χ4n) is 4.69. The van der Waals surface area contributed by atoms with Gasteiger partial charge in [0.15, 0.2) is 0 Å². The normalized spacial score (nSPS) is 10.9. The third-order valence-electron chi connectivity index (χ3n) is 6.18. The first-order valence-electron chi connectivity index (χ1n) is 11.5. The first-order valence-corrected chi connectivity index (χ1v) is 11.5. The van der Waals surface area contributed by atoms with Gasteiger partial charge in [-0.05, 0) is 77.4 Å². The molecule has 33 heavy (non-hydrogen) atoms. The van der Waals surface area contributed by atoms with Crippen LogP contribution in [-0.4, -0.2) is 0 Å². The first kappa shape index (κ1) is 21.0. The number of hydrogen-bond acceptors (Lipinski definition) is 0. The van der Waals surface area contributed by atoms with Crippen molar-refractivity contribution in [1.82, 2.24) is 0 Å². The Bertz CT molecular complexity index is 1420. The van der Waals surface area contributed by atoms with E-state index < -0.39 is 0 Å². The molecular weight excluding hydrogens is 396 g/mol. The third-order valence-corrected chi connectivity index (χ3v) is 6.18. The van der Waals surface area contributed by atoms with E-state index in [0.29, 0.717) is 0 Å². The minimum Gasteiger partial charge on any atom is -0.0616 e. The summed E-state index contributed by atoms with van der Waals surface area (Å²) in [5.41, 5.74) is 13.9. The Kier molecular flexibility index (Phi) is 5.67. The summed E-state index contributed by atoms with van der Waals surface area (Å²) >= 11 is 0. The highest BCUT2D eigenvalue weighted by Gasteiger charge is 2.10. The van der Waals surface area contributed by atoms with Crippen LogP contribution in [0.4, 0.5) is 0 Å². The Morgan fingerprint density at radius 1 is 0.303 bits per heavy atom. The van der Waals surface area contributed by atoms with Crippen molar-refractivity contribution in [2.75, 3.05) is 0 Å². The van der Waals surface area contributed by atoms with Gasteiger partial charge in [0.05, 0.1) is 0 Å². The average Bonchev–Trinajstić information content (AvgIpc) is 2.84. The van der Waals surface area contributed by atoms with Gasteiger partial charge in [0, 0.05) is 0 Å². The standard InChI is InChI=1S/C33H28/c1-23-9-6-10-26(18-23)27-11-7-13-29(21-27)32-15-4-5-16-33(32)30-14-8-12-28(22-30)31-19-24(2)17-25(3)20-31/h4-22H,1-3H3. The zero-order valence-corrected chi connectivity index (χ0v) is 19.5. The quantitative estimate of drug-likeness (QED) is 0.270. The largest absolute Gasteiger partial charge is 0.0616 e.